The zero-order chi connectivity index (χ0) is 18.6. The number of carbonyl (C=O) groups is 2. The summed E-state index contributed by atoms with van der Waals surface area (Å²) >= 11 is 13.8. The molecule has 0 fully saturated rings. The molecule has 0 aliphatic carbocycles. The number of hydrogen-bond acceptors (Lipinski definition) is 4. The van der Waals surface area contributed by atoms with Gasteiger partial charge in [0.1, 0.15) is 13.2 Å². The second-order valence-electron chi connectivity index (χ2n) is 4.93. The highest BCUT2D eigenvalue weighted by Gasteiger charge is 2.21. The number of ether oxygens (including phenoxy) is 2. The lowest BCUT2D eigenvalue weighted by molar-refractivity contribution is -0.141. The van der Waals surface area contributed by atoms with Crippen molar-refractivity contribution in [1.82, 2.24) is 0 Å². The Labute approximate surface area is 174 Å². The molecule has 0 atom stereocenters. The summed E-state index contributed by atoms with van der Waals surface area (Å²) in [5, 5.41) is 0. The first-order valence-electron chi connectivity index (χ1n) is 6.56. The number of carbonyl (C=O) groups excluding carboxylic acids is 2. The molecule has 0 spiro atoms. The summed E-state index contributed by atoms with van der Waals surface area (Å²) in [4.78, 5) is 23.3. The van der Waals surface area contributed by atoms with Crippen molar-refractivity contribution in [2.75, 3.05) is 0 Å². The van der Waals surface area contributed by atoms with Crippen molar-refractivity contribution in [2.24, 2.45) is 0 Å². The fraction of sp³-hybridized carbons (Fsp3) is 0.250. The highest BCUT2D eigenvalue weighted by molar-refractivity contribution is 9.15. The van der Waals surface area contributed by atoms with Crippen molar-refractivity contribution >= 4 is 75.7 Å². The molecule has 0 amide bonds. The van der Waals surface area contributed by atoms with Gasteiger partial charge >= 0.3 is 11.9 Å². The average Bonchev–Trinajstić information content (AvgIpc) is 2.53. The van der Waals surface area contributed by atoms with Crippen molar-refractivity contribution in [3.05, 3.63) is 53.3 Å². The molecule has 0 aliphatic heterocycles. The zero-order valence-electron chi connectivity index (χ0n) is 13.0. The lowest BCUT2D eigenvalue weighted by atomic mass is 10.1. The van der Waals surface area contributed by atoms with Crippen LogP contribution in [0.5, 0.6) is 0 Å². The molecule has 0 N–H and O–H groups in total. The number of halogens is 4. The van der Waals surface area contributed by atoms with E-state index in [4.69, 9.17) is 9.47 Å². The summed E-state index contributed by atoms with van der Waals surface area (Å²) in [6.07, 6.45) is 0. The lowest BCUT2D eigenvalue weighted by Gasteiger charge is -2.17. The number of rotatable bonds is 6. The molecule has 0 heterocycles. The third kappa shape index (κ3) is 5.28. The van der Waals surface area contributed by atoms with Gasteiger partial charge in [-0.05, 0) is 77.6 Å². The Balaban J connectivity index is 3.23. The van der Waals surface area contributed by atoms with Gasteiger partial charge in [-0.3, -0.25) is 0 Å². The summed E-state index contributed by atoms with van der Waals surface area (Å²) in [7, 11) is 0. The third-order valence-corrected chi connectivity index (χ3v) is 7.80. The first-order chi connectivity index (χ1) is 11.1. The van der Waals surface area contributed by atoms with E-state index in [-0.39, 0.29) is 13.2 Å². The lowest BCUT2D eigenvalue weighted by Crippen LogP contribution is -2.11. The predicted octanol–water partition coefficient (Wildman–Crippen LogP) is 5.98. The maximum absolute atomic E-state index is 11.7. The van der Waals surface area contributed by atoms with Crippen molar-refractivity contribution < 1.29 is 19.1 Å². The summed E-state index contributed by atoms with van der Waals surface area (Å²) in [5.74, 6) is -0.996. The van der Waals surface area contributed by atoms with E-state index in [0.29, 0.717) is 31.2 Å². The standard InChI is InChI=1S/C16H14Br4O4/c1-7(2)15(21)23-5-9-10(6-24-16(22)8(3)4)12(18)14(20)13(19)11(9)17/h1,3,5-6H2,2,4H3. The fourth-order valence-electron chi connectivity index (χ4n) is 1.55. The van der Waals surface area contributed by atoms with Crippen LogP contribution in [-0.4, -0.2) is 11.9 Å². The highest BCUT2D eigenvalue weighted by Crippen LogP contribution is 2.42. The Morgan fingerprint density at radius 1 is 0.750 bits per heavy atom. The van der Waals surface area contributed by atoms with E-state index in [1.807, 2.05) is 0 Å². The topological polar surface area (TPSA) is 52.6 Å². The molecule has 0 radical (unpaired) electrons. The molecular formula is C16H14Br4O4. The Kier molecular flexibility index (Phi) is 8.38. The van der Waals surface area contributed by atoms with Crippen molar-refractivity contribution in [3.63, 3.8) is 0 Å². The minimum absolute atomic E-state index is 0.00326. The predicted molar refractivity (Wildman–Crippen MR) is 106 cm³/mol. The van der Waals surface area contributed by atoms with Crippen LogP contribution >= 0.6 is 63.7 Å². The van der Waals surface area contributed by atoms with Gasteiger partial charge in [-0.15, -0.1) is 0 Å². The Hall–Kier alpha value is -0.440. The van der Waals surface area contributed by atoms with E-state index in [1.165, 1.54) is 0 Å². The van der Waals surface area contributed by atoms with Crippen LogP contribution in [0, 0.1) is 0 Å². The van der Waals surface area contributed by atoms with Gasteiger partial charge < -0.3 is 9.47 Å². The van der Waals surface area contributed by atoms with Crippen LogP contribution in [0.1, 0.15) is 25.0 Å². The maximum Gasteiger partial charge on any atom is 0.333 e. The summed E-state index contributed by atoms with van der Waals surface area (Å²) in [6.45, 7) is 10.2. The second-order valence-corrected chi connectivity index (χ2v) is 8.10. The smallest absolute Gasteiger partial charge is 0.333 e. The quantitative estimate of drug-likeness (QED) is 0.177. The van der Waals surface area contributed by atoms with Gasteiger partial charge in [0, 0.05) is 40.2 Å². The second kappa shape index (κ2) is 9.31. The zero-order valence-corrected chi connectivity index (χ0v) is 19.3. The monoisotopic (exact) mass is 586 g/mol. The van der Waals surface area contributed by atoms with E-state index in [9.17, 15) is 9.59 Å². The molecule has 0 saturated heterocycles. The van der Waals surface area contributed by atoms with Gasteiger partial charge in [-0.25, -0.2) is 9.59 Å². The molecular weight excluding hydrogens is 576 g/mol. The summed E-state index contributed by atoms with van der Waals surface area (Å²) < 4.78 is 13.3. The molecule has 8 heteroatoms. The van der Waals surface area contributed by atoms with Crippen molar-refractivity contribution in [3.8, 4) is 0 Å². The minimum atomic E-state index is -0.498. The van der Waals surface area contributed by atoms with E-state index in [0.717, 1.165) is 8.95 Å². The Bertz CT molecular complexity index is 665. The highest BCUT2D eigenvalue weighted by atomic mass is 79.9. The minimum Gasteiger partial charge on any atom is -0.457 e. The SMILES string of the molecule is C=C(C)C(=O)OCc1c(Br)c(Br)c(Br)c(Br)c1COC(=O)C(=C)C. The van der Waals surface area contributed by atoms with Crippen molar-refractivity contribution in [1.29, 1.82) is 0 Å². The molecule has 0 unspecified atom stereocenters. The number of hydrogen-bond donors (Lipinski definition) is 0. The van der Waals surface area contributed by atoms with Gasteiger partial charge in [0.05, 0.1) is 0 Å². The molecule has 0 aliphatic rings. The first kappa shape index (κ1) is 21.6. The molecule has 4 nitrogen and oxygen atoms in total. The first-order valence-corrected chi connectivity index (χ1v) is 9.74. The van der Waals surface area contributed by atoms with Crippen LogP contribution in [0.25, 0.3) is 0 Å². The van der Waals surface area contributed by atoms with Crippen LogP contribution in [-0.2, 0) is 32.3 Å². The molecule has 0 saturated carbocycles. The number of benzene rings is 1. The Morgan fingerprint density at radius 3 is 1.29 bits per heavy atom. The van der Waals surface area contributed by atoms with Crippen LogP contribution in [0.4, 0.5) is 0 Å². The molecule has 0 aromatic heterocycles. The van der Waals surface area contributed by atoms with Crippen LogP contribution in [0.2, 0.25) is 0 Å². The Morgan fingerprint density at radius 2 is 1.04 bits per heavy atom. The van der Waals surface area contributed by atoms with Crippen LogP contribution in [0.3, 0.4) is 0 Å². The summed E-state index contributed by atoms with van der Waals surface area (Å²) in [6, 6.07) is 0. The fourth-order valence-corrected chi connectivity index (χ4v) is 4.06. The maximum atomic E-state index is 11.7. The molecule has 0 bridgehead atoms. The molecule has 130 valence electrons. The van der Waals surface area contributed by atoms with Gasteiger partial charge in [-0.2, -0.15) is 0 Å². The average molecular weight is 590 g/mol. The number of esters is 2. The van der Waals surface area contributed by atoms with Gasteiger partial charge in [-0.1, -0.05) is 13.2 Å². The van der Waals surface area contributed by atoms with E-state index in [1.54, 1.807) is 13.8 Å². The normalized spacial score (nSPS) is 10.2. The molecule has 24 heavy (non-hydrogen) atoms. The molecule has 1 aromatic carbocycles. The van der Waals surface area contributed by atoms with Gasteiger partial charge in [0.25, 0.3) is 0 Å². The van der Waals surface area contributed by atoms with Gasteiger partial charge in [0.2, 0.25) is 0 Å². The van der Waals surface area contributed by atoms with Crippen LogP contribution < -0.4 is 0 Å². The van der Waals surface area contributed by atoms with Gasteiger partial charge in [0.15, 0.2) is 0 Å². The van der Waals surface area contributed by atoms with E-state index >= 15 is 0 Å². The van der Waals surface area contributed by atoms with E-state index < -0.39 is 11.9 Å². The molecule has 1 aromatic rings. The summed E-state index contributed by atoms with van der Waals surface area (Å²) in [5.41, 5.74) is 1.94. The molecule has 1 rings (SSSR count). The van der Waals surface area contributed by atoms with Crippen molar-refractivity contribution in [2.45, 2.75) is 27.1 Å². The largest absolute Gasteiger partial charge is 0.457 e. The third-order valence-electron chi connectivity index (χ3n) is 2.86. The van der Waals surface area contributed by atoms with E-state index in [2.05, 4.69) is 76.9 Å². The van der Waals surface area contributed by atoms with Crippen LogP contribution in [0.15, 0.2) is 42.2 Å².